The van der Waals surface area contributed by atoms with Gasteiger partial charge in [-0.3, -0.25) is 0 Å². The van der Waals surface area contributed by atoms with Gasteiger partial charge in [-0.15, -0.1) is 0 Å². The van der Waals surface area contributed by atoms with E-state index in [0.29, 0.717) is 0 Å². The van der Waals surface area contributed by atoms with Crippen LogP contribution in [0.25, 0.3) is 0 Å². The number of rotatable bonds is 0. The van der Waals surface area contributed by atoms with E-state index in [0.717, 1.165) is 0 Å². The Morgan fingerprint density at radius 2 is 1.14 bits per heavy atom. The number of nitrogens with zero attached hydrogens (tertiary/aromatic N) is 1. The van der Waals surface area contributed by atoms with Gasteiger partial charge in [-0.05, 0) is 0 Å². The Kier molecular flexibility index (Phi) is 51.3. The molecule has 7 heavy (non-hydrogen) atoms. The number of hydrogen-bond acceptors (Lipinski definition) is 3. The largest absolute Gasteiger partial charge is 1.00 e. The van der Waals surface area contributed by atoms with E-state index in [1.165, 1.54) is 0 Å². The summed E-state index contributed by atoms with van der Waals surface area (Å²) >= 11 is 0. The van der Waals surface area contributed by atoms with E-state index in [4.69, 9.17) is 15.3 Å². The Bertz CT molecular complexity index is 35.9. The molecule has 0 aliphatic carbocycles. The van der Waals surface area contributed by atoms with Crippen LogP contribution in [0.1, 0.15) is 0 Å². The predicted molar refractivity (Wildman–Crippen MR) is 10.4 cm³/mol. The summed E-state index contributed by atoms with van der Waals surface area (Å²) in [5.74, 6) is 0. The Labute approximate surface area is 124 Å². The first-order valence-corrected chi connectivity index (χ1v) is 0.548. The zero-order valence-electron chi connectivity index (χ0n) is 4.05. The molecule has 0 aliphatic heterocycles. The summed E-state index contributed by atoms with van der Waals surface area (Å²) in [4.78, 5) is 8.25. The first-order chi connectivity index (χ1) is 1.73. The van der Waals surface area contributed by atoms with E-state index >= 15 is 0 Å². The van der Waals surface area contributed by atoms with Crippen LogP contribution in [0.2, 0.25) is 0 Å². The van der Waals surface area contributed by atoms with Gasteiger partial charge < -0.3 is 20.0 Å². The van der Waals surface area contributed by atoms with Gasteiger partial charge in [0, 0.05) is 0 Å². The van der Waals surface area contributed by atoms with Gasteiger partial charge in [-0.25, -0.2) is 0 Å². The maximum Gasteiger partial charge on any atom is 1.00 e. The molecule has 0 unspecified atom stereocenters. The summed E-state index contributed by atoms with van der Waals surface area (Å²) in [6.45, 7) is 0. The van der Waals surface area contributed by atoms with E-state index in [1.807, 2.05) is 0 Å². The molecule has 0 aliphatic rings. The normalized spacial score (nSPS) is 3.43. The van der Waals surface area contributed by atoms with Crippen molar-refractivity contribution in [2.45, 2.75) is 0 Å². The van der Waals surface area contributed by atoms with Crippen LogP contribution in [0.15, 0.2) is 0 Å². The summed E-state index contributed by atoms with van der Waals surface area (Å²) in [6.07, 6.45) is 0. The van der Waals surface area contributed by atoms with Crippen LogP contribution in [0, 0.1) is 15.3 Å². The quantitative estimate of drug-likeness (QED) is 0.200. The molecule has 0 fully saturated rings. The average molecular weight is 159 g/mol. The molecule has 0 atom stereocenters. The molecule has 0 aromatic carbocycles. The summed E-state index contributed by atoms with van der Waals surface area (Å²) in [6, 6.07) is 0. The molecule has 0 aromatic rings. The second-order valence-corrected chi connectivity index (χ2v) is 0.224. The Morgan fingerprint density at radius 3 is 1.14 bits per heavy atom. The number of halogens is 1. The fraction of sp³-hybridized carbons (Fsp3) is 0. The van der Waals surface area contributed by atoms with E-state index in [-0.39, 0.29) is 107 Å². The molecule has 0 radical (unpaired) electrons. The van der Waals surface area contributed by atoms with Gasteiger partial charge in [-0.1, -0.05) is 0 Å². The van der Waals surface area contributed by atoms with Crippen molar-refractivity contribution in [3.63, 3.8) is 0 Å². The van der Waals surface area contributed by atoms with E-state index in [1.54, 1.807) is 0 Å². The third kappa shape index (κ3) is 59.7. The molecule has 4 nitrogen and oxygen atoms in total. The second-order valence-electron chi connectivity index (χ2n) is 0.224. The molecule has 0 spiro atoms. The van der Waals surface area contributed by atoms with Crippen molar-refractivity contribution in [2.24, 2.45) is 0 Å². The molecule has 32 valence electrons. The minimum atomic E-state index is -1.75. The van der Waals surface area contributed by atoms with Crippen LogP contribution in [-0.4, -0.2) is 5.09 Å². The fourth-order valence-corrected chi connectivity index (χ4v) is 0. The van der Waals surface area contributed by atoms with E-state index < -0.39 is 5.09 Å². The summed E-state index contributed by atoms with van der Waals surface area (Å²) in [5.41, 5.74) is 0. The van der Waals surface area contributed by atoms with Crippen LogP contribution >= 0.6 is 0 Å². The first-order valence-electron chi connectivity index (χ1n) is 0.548. The SMILES string of the molecule is O=[N+]([O-])[O-].[F-].[K+].[K+]. The zero-order chi connectivity index (χ0) is 3.58. The minimum absolute atomic E-state index is 0. The van der Waals surface area contributed by atoms with Crippen molar-refractivity contribution in [1.82, 2.24) is 0 Å². The van der Waals surface area contributed by atoms with Crippen molar-refractivity contribution < 1.29 is 113 Å². The average Bonchev–Trinajstić information content (AvgIpc) is 0.811. The van der Waals surface area contributed by atoms with E-state index in [2.05, 4.69) is 0 Å². The van der Waals surface area contributed by atoms with Crippen molar-refractivity contribution in [3.05, 3.63) is 15.3 Å². The molecule has 0 amide bonds. The Balaban J connectivity index is -0.0000000150. The van der Waals surface area contributed by atoms with Crippen LogP contribution in [-0.2, 0) is 0 Å². The van der Waals surface area contributed by atoms with Crippen LogP contribution < -0.4 is 107 Å². The Morgan fingerprint density at radius 1 is 1.14 bits per heavy atom. The molecule has 0 heterocycles. The second kappa shape index (κ2) is 15.8. The maximum absolute atomic E-state index is 8.25. The molecule has 0 rings (SSSR count). The maximum atomic E-state index is 8.25. The fourth-order valence-electron chi connectivity index (χ4n) is 0. The monoisotopic (exact) mass is 159 g/mol. The van der Waals surface area contributed by atoms with Gasteiger partial charge >= 0.3 is 103 Å². The van der Waals surface area contributed by atoms with Crippen molar-refractivity contribution in [1.29, 1.82) is 0 Å². The molecular weight excluding hydrogens is 159 g/mol. The van der Waals surface area contributed by atoms with Gasteiger partial charge in [-0.2, -0.15) is 0 Å². The van der Waals surface area contributed by atoms with Crippen molar-refractivity contribution in [3.8, 4) is 0 Å². The third-order valence-corrected chi connectivity index (χ3v) is 0. The van der Waals surface area contributed by atoms with Gasteiger partial charge in [0.25, 0.3) is 0 Å². The van der Waals surface area contributed by atoms with Crippen LogP contribution in [0.4, 0.5) is 0 Å². The topological polar surface area (TPSA) is 66.2 Å². The third-order valence-electron chi connectivity index (χ3n) is 0. The Hall–Kier alpha value is 2.40. The molecule has 0 aromatic heterocycles. The number of hydrogen-bond donors (Lipinski definition) is 0. The van der Waals surface area contributed by atoms with Gasteiger partial charge in [0.15, 0.2) is 0 Å². The summed E-state index contributed by atoms with van der Waals surface area (Å²) < 4.78 is 0. The molecular formula is FK2NO3. The minimum Gasteiger partial charge on any atom is -1.00 e. The van der Waals surface area contributed by atoms with Gasteiger partial charge in [0.1, 0.15) is 0 Å². The zero-order valence-corrected chi connectivity index (χ0v) is 10.3. The standard InChI is InChI=1S/FH.2K.NO3/c;;;2-1(3)4/h1H;;;/q;2*+1;-1/p-1. The van der Waals surface area contributed by atoms with Crippen LogP contribution in [0.5, 0.6) is 0 Å². The van der Waals surface area contributed by atoms with E-state index in [9.17, 15) is 0 Å². The summed E-state index contributed by atoms with van der Waals surface area (Å²) in [7, 11) is 0. The smallest absolute Gasteiger partial charge is 1.00 e. The summed E-state index contributed by atoms with van der Waals surface area (Å²) in [5, 5.41) is 14.8. The van der Waals surface area contributed by atoms with Crippen molar-refractivity contribution in [2.75, 3.05) is 0 Å². The molecule has 0 bridgehead atoms. The molecule has 0 saturated heterocycles. The molecule has 7 heteroatoms. The van der Waals surface area contributed by atoms with Gasteiger partial charge in [0.2, 0.25) is 0 Å². The van der Waals surface area contributed by atoms with Crippen molar-refractivity contribution >= 4 is 0 Å². The molecule has 0 N–H and O–H groups in total. The first kappa shape index (κ1) is 22.7. The van der Waals surface area contributed by atoms with Crippen LogP contribution in [0.3, 0.4) is 0 Å². The predicted octanol–water partition coefficient (Wildman–Crippen LogP) is -9.23. The van der Waals surface area contributed by atoms with Gasteiger partial charge in [0.05, 0.1) is 5.09 Å². The molecule has 0 saturated carbocycles.